The van der Waals surface area contributed by atoms with E-state index in [1.807, 2.05) is 18.2 Å². The molecule has 0 fully saturated rings. The van der Waals surface area contributed by atoms with Crippen LogP contribution in [0.4, 0.5) is 20.2 Å². The van der Waals surface area contributed by atoms with Crippen LogP contribution in [0.25, 0.3) is 0 Å². The maximum atomic E-state index is 14.0. The van der Waals surface area contributed by atoms with Gasteiger partial charge < -0.3 is 15.5 Å². The quantitative estimate of drug-likeness (QED) is 0.365. The second-order valence-electron chi connectivity index (χ2n) is 8.21. The van der Waals surface area contributed by atoms with E-state index >= 15 is 0 Å². The number of fused-ring (bicyclic) bond motifs is 1. The zero-order chi connectivity index (χ0) is 24.4. The van der Waals surface area contributed by atoms with E-state index < -0.39 is 17.9 Å². The van der Waals surface area contributed by atoms with Crippen molar-refractivity contribution in [1.29, 1.82) is 0 Å². The highest BCUT2D eigenvalue weighted by atomic mass is 19.1. The Bertz CT molecular complexity index is 1410. The molecule has 0 spiro atoms. The Labute approximate surface area is 201 Å². The number of rotatable bonds is 6. The van der Waals surface area contributed by atoms with Crippen molar-refractivity contribution in [1.82, 2.24) is 4.90 Å². The Morgan fingerprint density at radius 2 is 1.60 bits per heavy atom. The molecule has 1 unspecified atom stereocenters. The zero-order valence-electron chi connectivity index (χ0n) is 18.5. The normalized spacial score (nSPS) is 14.5. The molecule has 1 heterocycles. The first-order valence-electron chi connectivity index (χ1n) is 11.1. The highest BCUT2D eigenvalue weighted by Crippen LogP contribution is 2.35. The monoisotopic (exact) mass is 469 g/mol. The molecule has 0 bridgehead atoms. The van der Waals surface area contributed by atoms with Crippen molar-refractivity contribution in [2.24, 2.45) is 0 Å². The van der Waals surface area contributed by atoms with Crippen LogP contribution in [0.15, 0.2) is 97.1 Å². The minimum Gasteiger partial charge on any atom is -0.361 e. The van der Waals surface area contributed by atoms with Gasteiger partial charge in [-0.1, -0.05) is 48.5 Å². The number of para-hydroxylation sites is 1. The van der Waals surface area contributed by atoms with E-state index in [9.17, 15) is 18.4 Å². The van der Waals surface area contributed by atoms with Crippen LogP contribution in [0.2, 0.25) is 0 Å². The number of hydrogen-bond donors (Lipinski definition) is 2. The largest absolute Gasteiger partial charge is 0.361 e. The lowest BCUT2D eigenvalue weighted by Crippen LogP contribution is -2.32. The lowest BCUT2D eigenvalue weighted by Gasteiger charge is -2.27. The fraction of sp³-hybridized carbons (Fsp3) is 0.0714. The maximum Gasteiger partial charge on any atom is 0.256 e. The van der Waals surface area contributed by atoms with E-state index in [1.54, 1.807) is 59.5 Å². The number of carbonyl (C=O) groups is 2. The molecule has 5 nitrogen and oxygen atoms in total. The van der Waals surface area contributed by atoms with Gasteiger partial charge in [-0.05, 0) is 54.1 Å². The molecule has 1 atom stereocenters. The number of hydrogen-bond acceptors (Lipinski definition) is 3. The number of halogens is 2. The molecule has 1 aliphatic heterocycles. The molecule has 0 saturated heterocycles. The molecule has 0 aliphatic carbocycles. The van der Waals surface area contributed by atoms with Gasteiger partial charge in [0.25, 0.3) is 11.8 Å². The van der Waals surface area contributed by atoms with Gasteiger partial charge in [0.1, 0.15) is 17.8 Å². The van der Waals surface area contributed by atoms with Crippen molar-refractivity contribution in [3.8, 4) is 0 Å². The van der Waals surface area contributed by atoms with Crippen molar-refractivity contribution < 1.29 is 18.4 Å². The molecule has 2 N–H and O–H groups in total. The molecule has 5 rings (SSSR count). The highest BCUT2D eigenvalue weighted by Gasteiger charge is 2.36. The van der Waals surface area contributed by atoms with Crippen molar-refractivity contribution in [3.05, 3.63) is 131 Å². The first kappa shape index (κ1) is 22.3. The van der Waals surface area contributed by atoms with Gasteiger partial charge in [-0.25, -0.2) is 8.78 Å². The molecule has 35 heavy (non-hydrogen) atoms. The Kier molecular flexibility index (Phi) is 5.97. The summed E-state index contributed by atoms with van der Waals surface area (Å²) in [4.78, 5) is 27.6. The van der Waals surface area contributed by atoms with Gasteiger partial charge in [0.15, 0.2) is 0 Å². The average molecular weight is 469 g/mol. The summed E-state index contributed by atoms with van der Waals surface area (Å²) in [6, 6.07) is 26.1. The van der Waals surface area contributed by atoms with Gasteiger partial charge in [0, 0.05) is 28.9 Å². The van der Waals surface area contributed by atoms with Crippen molar-refractivity contribution in [2.45, 2.75) is 12.7 Å². The fourth-order valence-electron chi connectivity index (χ4n) is 4.14. The van der Waals surface area contributed by atoms with E-state index in [4.69, 9.17) is 0 Å². The molecule has 2 amide bonds. The third kappa shape index (κ3) is 4.61. The van der Waals surface area contributed by atoms with E-state index in [1.165, 1.54) is 24.3 Å². The van der Waals surface area contributed by atoms with Crippen LogP contribution in [0.5, 0.6) is 0 Å². The smallest absolute Gasteiger partial charge is 0.256 e. The van der Waals surface area contributed by atoms with Gasteiger partial charge >= 0.3 is 0 Å². The van der Waals surface area contributed by atoms with Crippen LogP contribution in [-0.4, -0.2) is 16.7 Å². The molecule has 7 heteroatoms. The van der Waals surface area contributed by atoms with E-state index in [0.29, 0.717) is 16.8 Å². The standard InChI is InChI=1S/C28H21F2N3O2/c29-20-14-12-18(13-15-20)17-33-26(22-8-1-2-9-23(22)28(33)35)31-21-7-5-6-19(16-21)27(34)32-25-11-4-3-10-24(25)30/h1-16,26,31H,17H2,(H,32,34). The Morgan fingerprint density at radius 3 is 2.40 bits per heavy atom. The van der Waals surface area contributed by atoms with E-state index in [2.05, 4.69) is 10.6 Å². The number of nitrogens with one attached hydrogen (secondary N) is 2. The summed E-state index contributed by atoms with van der Waals surface area (Å²) in [5.41, 5.74) is 3.22. The second-order valence-corrected chi connectivity index (χ2v) is 8.21. The first-order valence-corrected chi connectivity index (χ1v) is 11.1. The predicted octanol–water partition coefficient (Wildman–Crippen LogP) is 5.98. The van der Waals surface area contributed by atoms with Gasteiger partial charge in [-0.3, -0.25) is 9.59 Å². The van der Waals surface area contributed by atoms with Crippen LogP contribution in [-0.2, 0) is 6.54 Å². The van der Waals surface area contributed by atoms with Crippen LogP contribution < -0.4 is 10.6 Å². The highest BCUT2D eigenvalue weighted by molar-refractivity contribution is 6.05. The van der Waals surface area contributed by atoms with E-state index in [0.717, 1.165) is 11.1 Å². The summed E-state index contributed by atoms with van der Waals surface area (Å²) in [5, 5.41) is 5.94. The molecule has 174 valence electrons. The lowest BCUT2D eigenvalue weighted by atomic mass is 10.1. The molecule has 4 aromatic carbocycles. The molecular formula is C28H21F2N3O2. The fourth-order valence-corrected chi connectivity index (χ4v) is 4.14. The van der Waals surface area contributed by atoms with Gasteiger partial charge in [0.2, 0.25) is 0 Å². The third-order valence-electron chi connectivity index (χ3n) is 5.87. The SMILES string of the molecule is O=C(Nc1ccccc1F)c1cccc(NC2c3ccccc3C(=O)N2Cc2ccc(F)cc2)c1. The molecule has 0 saturated carbocycles. The number of anilines is 2. The Hall–Kier alpha value is -4.52. The van der Waals surface area contributed by atoms with Gasteiger partial charge in [0.05, 0.1) is 5.69 Å². The molecule has 0 aromatic heterocycles. The molecule has 0 radical (unpaired) electrons. The van der Waals surface area contributed by atoms with Crippen LogP contribution in [0, 0.1) is 11.6 Å². The van der Waals surface area contributed by atoms with E-state index in [-0.39, 0.29) is 24.0 Å². The molecular weight excluding hydrogens is 448 g/mol. The average Bonchev–Trinajstić information content (AvgIpc) is 3.13. The number of carbonyl (C=O) groups excluding carboxylic acids is 2. The minimum atomic E-state index is -0.521. The Morgan fingerprint density at radius 1 is 0.857 bits per heavy atom. The molecule has 4 aromatic rings. The summed E-state index contributed by atoms with van der Waals surface area (Å²) >= 11 is 0. The van der Waals surface area contributed by atoms with Crippen molar-refractivity contribution >= 4 is 23.2 Å². The minimum absolute atomic E-state index is 0.0941. The summed E-state index contributed by atoms with van der Waals surface area (Å²) in [6.45, 7) is 0.277. The molecule has 1 aliphatic rings. The zero-order valence-corrected chi connectivity index (χ0v) is 18.5. The lowest BCUT2D eigenvalue weighted by molar-refractivity contribution is 0.0728. The van der Waals surface area contributed by atoms with Crippen LogP contribution in [0.1, 0.15) is 38.0 Å². The first-order chi connectivity index (χ1) is 17.0. The van der Waals surface area contributed by atoms with Gasteiger partial charge in [-0.15, -0.1) is 0 Å². The van der Waals surface area contributed by atoms with Crippen LogP contribution in [0.3, 0.4) is 0 Å². The Balaban J connectivity index is 1.41. The predicted molar refractivity (Wildman–Crippen MR) is 130 cm³/mol. The topological polar surface area (TPSA) is 61.4 Å². The summed E-state index contributed by atoms with van der Waals surface area (Å²) < 4.78 is 27.3. The van der Waals surface area contributed by atoms with Crippen molar-refractivity contribution in [3.63, 3.8) is 0 Å². The number of nitrogens with zero attached hydrogens (tertiary/aromatic N) is 1. The summed E-state index contributed by atoms with van der Waals surface area (Å²) in [7, 11) is 0. The summed E-state index contributed by atoms with van der Waals surface area (Å²) in [6.07, 6.45) is -0.492. The second kappa shape index (κ2) is 9.38. The maximum absolute atomic E-state index is 14.0. The summed E-state index contributed by atoms with van der Waals surface area (Å²) in [5.74, 6) is -1.46. The van der Waals surface area contributed by atoms with Crippen LogP contribution >= 0.6 is 0 Å². The van der Waals surface area contributed by atoms with Gasteiger partial charge in [-0.2, -0.15) is 0 Å². The van der Waals surface area contributed by atoms with Crippen molar-refractivity contribution in [2.75, 3.05) is 10.6 Å². The number of amides is 2. The third-order valence-corrected chi connectivity index (χ3v) is 5.87. The number of benzene rings is 4.